The van der Waals surface area contributed by atoms with Crippen LogP contribution in [0.3, 0.4) is 0 Å². The minimum absolute atomic E-state index is 0.0280. The van der Waals surface area contributed by atoms with E-state index in [2.05, 4.69) is 12.2 Å². The number of methoxy groups -OCH3 is 1. The lowest BCUT2D eigenvalue weighted by Crippen LogP contribution is -2.23. The van der Waals surface area contributed by atoms with Crippen molar-refractivity contribution in [2.75, 3.05) is 24.8 Å². The molecule has 5 heteroatoms. The van der Waals surface area contributed by atoms with E-state index >= 15 is 0 Å². The highest BCUT2D eigenvalue weighted by atomic mass is 32.1. The fourth-order valence-electron chi connectivity index (χ4n) is 1.59. The highest BCUT2D eigenvalue weighted by Crippen LogP contribution is 2.31. The first-order valence-corrected chi connectivity index (χ1v) is 7.00. The van der Waals surface area contributed by atoms with Crippen molar-refractivity contribution < 1.29 is 9.53 Å². The molecule has 1 aromatic rings. The number of nitrogens with two attached hydrogens (primary N) is 1. The molecule has 4 nitrogen and oxygen atoms in total. The molecule has 0 aliphatic rings. The largest absolute Gasteiger partial charge is 0.397 e. The number of Topliss-reactive ketones (excluding diaryl/α,β-unsaturated/α-hetero) is 1. The Morgan fingerprint density at radius 2 is 2.22 bits per heavy atom. The summed E-state index contributed by atoms with van der Waals surface area (Å²) in [4.78, 5) is 12.6. The molecule has 102 valence electrons. The molecule has 0 aliphatic heterocycles. The van der Waals surface area contributed by atoms with E-state index in [1.165, 1.54) is 11.3 Å². The van der Waals surface area contributed by atoms with Gasteiger partial charge in [0, 0.05) is 19.1 Å². The van der Waals surface area contributed by atoms with Crippen LogP contribution in [0.25, 0.3) is 0 Å². The van der Waals surface area contributed by atoms with Crippen molar-refractivity contribution in [3.05, 3.63) is 10.9 Å². The predicted octanol–water partition coefficient (Wildman–Crippen LogP) is 3.01. The summed E-state index contributed by atoms with van der Waals surface area (Å²) < 4.78 is 5.13. The number of hydrogen-bond donors (Lipinski definition) is 2. The fourth-order valence-corrected chi connectivity index (χ4v) is 2.74. The standard InChI is InChI=1S/C13H22N2O2S/c1-5-9(7-17-4)15-11-6-10(14)13(18-11)12(16)8(2)3/h6,8-9,15H,5,7,14H2,1-4H3. The quantitative estimate of drug-likeness (QED) is 0.748. The molecule has 0 radical (unpaired) electrons. The Balaban J connectivity index is 2.80. The van der Waals surface area contributed by atoms with Gasteiger partial charge in [-0.15, -0.1) is 11.3 Å². The highest BCUT2D eigenvalue weighted by Gasteiger charge is 2.18. The smallest absolute Gasteiger partial charge is 0.177 e. The van der Waals surface area contributed by atoms with E-state index in [9.17, 15) is 4.79 Å². The van der Waals surface area contributed by atoms with Gasteiger partial charge in [0.25, 0.3) is 0 Å². The first-order chi connectivity index (χ1) is 8.49. The van der Waals surface area contributed by atoms with E-state index in [4.69, 9.17) is 10.5 Å². The van der Waals surface area contributed by atoms with Gasteiger partial charge in [0.2, 0.25) is 0 Å². The second-order valence-electron chi connectivity index (χ2n) is 4.62. The Hall–Kier alpha value is -1.07. The van der Waals surface area contributed by atoms with E-state index in [-0.39, 0.29) is 17.7 Å². The predicted molar refractivity (Wildman–Crippen MR) is 77.5 cm³/mol. The lowest BCUT2D eigenvalue weighted by molar-refractivity contribution is 0.0944. The molecule has 0 amide bonds. The number of carbonyl (C=O) groups is 1. The van der Waals surface area contributed by atoms with E-state index < -0.39 is 0 Å². The maximum atomic E-state index is 11.9. The SMILES string of the molecule is CCC(COC)Nc1cc(N)c(C(=O)C(C)C)s1. The van der Waals surface area contributed by atoms with Gasteiger partial charge in [0.05, 0.1) is 22.2 Å². The third-order valence-electron chi connectivity index (χ3n) is 2.72. The van der Waals surface area contributed by atoms with Crippen molar-refractivity contribution in [1.29, 1.82) is 0 Å². The minimum atomic E-state index is -0.0280. The molecular weight excluding hydrogens is 248 g/mol. The van der Waals surface area contributed by atoms with Gasteiger partial charge in [-0.25, -0.2) is 0 Å². The summed E-state index contributed by atoms with van der Waals surface area (Å²) >= 11 is 1.42. The average molecular weight is 270 g/mol. The van der Waals surface area contributed by atoms with Gasteiger partial charge in [0.1, 0.15) is 0 Å². The first-order valence-electron chi connectivity index (χ1n) is 6.18. The molecule has 0 fully saturated rings. The van der Waals surface area contributed by atoms with Gasteiger partial charge in [-0.1, -0.05) is 20.8 Å². The van der Waals surface area contributed by atoms with Crippen molar-refractivity contribution in [3.63, 3.8) is 0 Å². The van der Waals surface area contributed by atoms with Gasteiger partial charge in [-0.2, -0.15) is 0 Å². The Labute approximate surface area is 113 Å². The van der Waals surface area contributed by atoms with Gasteiger partial charge in [-0.05, 0) is 12.5 Å². The molecule has 18 heavy (non-hydrogen) atoms. The number of thiophene rings is 1. The summed E-state index contributed by atoms with van der Waals surface area (Å²) in [5.41, 5.74) is 6.45. The van der Waals surface area contributed by atoms with Gasteiger partial charge in [0.15, 0.2) is 5.78 Å². The third-order valence-corrected chi connectivity index (χ3v) is 3.81. The van der Waals surface area contributed by atoms with Crippen molar-refractivity contribution in [3.8, 4) is 0 Å². The van der Waals surface area contributed by atoms with Crippen LogP contribution in [0.15, 0.2) is 6.07 Å². The van der Waals surface area contributed by atoms with Crippen LogP contribution in [-0.2, 0) is 4.74 Å². The summed E-state index contributed by atoms with van der Waals surface area (Å²) in [5, 5.41) is 4.28. The monoisotopic (exact) mass is 270 g/mol. The first kappa shape index (κ1) is 15.0. The maximum absolute atomic E-state index is 11.9. The van der Waals surface area contributed by atoms with Gasteiger partial charge < -0.3 is 15.8 Å². The molecule has 1 aromatic heterocycles. The zero-order valence-corrected chi connectivity index (χ0v) is 12.3. The van der Waals surface area contributed by atoms with Crippen LogP contribution in [-0.4, -0.2) is 25.5 Å². The Morgan fingerprint density at radius 1 is 1.56 bits per heavy atom. The molecule has 3 N–H and O–H groups in total. The zero-order valence-electron chi connectivity index (χ0n) is 11.4. The molecule has 1 rings (SSSR count). The molecule has 0 spiro atoms. The number of carbonyl (C=O) groups excluding carboxylic acids is 1. The molecule has 1 unspecified atom stereocenters. The second-order valence-corrected chi connectivity index (χ2v) is 5.67. The van der Waals surface area contributed by atoms with Crippen LogP contribution in [0.2, 0.25) is 0 Å². The molecule has 0 saturated carbocycles. The zero-order chi connectivity index (χ0) is 13.7. The molecule has 0 aliphatic carbocycles. The number of ether oxygens (including phenoxy) is 1. The Bertz CT molecular complexity index is 402. The number of rotatable bonds is 7. The molecule has 0 saturated heterocycles. The average Bonchev–Trinajstić information content (AvgIpc) is 2.68. The van der Waals surface area contributed by atoms with Crippen LogP contribution < -0.4 is 11.1 Å². The summed E-state index contributed by atoms with van der Waals surface area (Å²) in [6.45, 7) is 6.50. The summed E-state index contributed by atoms with van der Waals surface area (Å²) in [6.07, 6.45) is 0.957. The van der Waals surface area contributed by atoms with E-state index in [0.29, 0.717) is 17.2 Å². The van der Waals surface area contributed by atoms with Crippen LogP contribution in [0.1, 0.15) is 36.9 Å². The van der Waals surface area contributed by atoms with Crippen molar-refractivity contribution in [2.24, 2.45) is 5.92 Å². The molecule has 0 aromatic carbocycles. The molecule has 1 heterocycles. The van der Waals surface area contributed by atoms with E-state index in [1.807, 2.05) is 19.9 Å². The van der Waals surface area contributed by atoms with E-state index in [0.717, 1.165) is 11.4 Å². The maximum Gasteiger partial charge on any atom is 0.177 e. The van der Waals surface area contributed by atoms with Gasteiger partial charge >= 0.3 is 0 Å². The minimum Gasteiger partial charge on any atom is -0.397 e. The number of nitrogen functional groups attached to an aromatic ring is 1. The summed E-state index contributed by atoms with van der Waals surface area (Å²) in [7, 11) is 1.68. The Morgan fingerprint density at radius 3 is 2.72 bits per heavy atom. The lowest BCUT2D eigenvalue weighted by atomic mass is 10.1. The number of ketones is 1. The topological polar surface area (TPSA) is 64.3 Å². The number of nitrogens with one attached hydrogen (secondary N) is 1. The third kappa shape index (κ3) is 3.71. The summed E-state index contributed by atoms with van der Waals surface area (Å²) in [5.74, 6) is 0.0742. The van der Waals surface area contributed by atoms with E-state index in [1.54, 1.807) is 7.11 Å². The van der Waals surface area contributed by atoms with Crippen LogP contribution >= 0.6 is 11.3 Å². The molecule has 0 bridgehead atoms. The molecular formula is C13H22N2O2S. The van der Waals surface area contributed by atoms with Gasteiger partial charge in [-0.3, -0.25) is 4.79 Å². The summed E-state index contributed by atoms with van der Waals surface area (Å²) in [6, 6.07) is 2.08. The number of hydrogen-bond acceptors (Lipinski definition) is 5. The second kappa shape index (κ2) is 6.75. The highest BCUT2D eigenvalue weighted by molar-refractivity contribution is 7.18. The normalized spacial score (nSPS) is 12.7. The fraction of sp³-hybridized carbons (Fsp3) is 0.615. The molecule has 1 atom stereocenters. The lowest BCUT2D eigenvalue weighted by Gasteiger charge is -2.15. The van der Waals surface area contributed by atoms with Crippen molar-refractivity contribution >= 4 is 27.8 Å². The Kier molecular flexibility index (Phi) is 5.62. The van der Waals surface area contributed by atoms with Crippen LogP contribution in [0, 0.1) is 5.92 Å². The van der Waals surface area contributed by atoms with Crippen molar-refractivity contribution in [2.45, 2.75) is 33.2 Å². The number of anilines is 2. The van der Waals surface area contributed by atoms with Crippen molar-refractivity contribution in [1.82, 2.24) is 0 Å². The van der Waals surface area contributed by atoms with Crippen LogP contribution in [0.4, 0.5) is 10.7 Å². The van der Waals surface area contributed by atoms with Crippen LogP contribution in [0.5, 0.6) is 0 Å².